The second-order valence-electron chi connectivity index (χ2n) is 4.97. The highest BCUT2D eigenvalue weighted by Gasteiger charge is 2.16. The summed E-state index contributed by atoms with van der Waals surface area (Å²) < 4.78 is 41.6. The average Bonchev–Trinajstić information content (AvgIpc) is 2.49. The van der Waals surface area contributed by atoms with Crippen LogP contribution in [0.5, 0.6) is 5.75 Å². The Morgan fingerprint density at radius 3 is 2.30 bits per heavy atom. The van der Waals surface area contributed by atoms with Crippen molar-refractivity contribution in [2.75, 3.05) is 11.6 Å². The van der Waals surface area contributed by atoms with Crippen LogP contribution in [0, 0.1) is 5.82 Å². The first-order valence-electron chi connectivity index (χ1n) is 6.79. The summed E-state index contributed by atoms with van der Waals surface area (Å²) in [5.74, 6) is -0.707. The Morgan fingerprint density at radius 2 is 1.74 bits per heavy atom. The van der Waals surface area contributed by atoms with Gasteiger partial charge in [0.2, 0.25) is 0 Å². The van der Waals surface area contributed by atoms with Crippen molar-refractivity contribution in [3.8, 4) is 5.75 Å². The number of ether oxygens (including phenoxy) is 1. The van der Waals surface area contributed by atoms with E-state index in [0.29, 0.717) is 5.75 Å². The number of hydrogen-bond donors (Lipinski definition) is 1. The molecule has 7 heteroatoms. The van der Waals surface area contributed by atoms with Gasteiger partial charge in [0.1, 0.15) is 11.6 Å². The average molecular weight is 337 g/mol. The number of halogens is 1. The lowest BCUT2D eigenvalue weighted by Gasteiger charge is -2.15. The molecule has 0 radical (unpaired) electrons. The van der Waals surface area contributed by atoms with Gasteiger partial charge in [0.15, 0.2) is 15.9 Å². The zero-order chi connectivity index (χ0) is 17.0. The van der Waals surface area contributed by atoms with Crippen molar-refractivity contribution in [2.45, 2.75) is 17.9 Å². The quantitative estimate of drug-likeness (QED) is 0.910. The van der Waals surface area contributed by atoms with E-state index in [9.17, 15) is 17.6 Å². The summed E-state index contributed by atoms with van der Waals surface area (Å²) in [6.45, 7) is 1.51. The molecule has 122 valence electrons. The lowest BCUT2D eigenvalue weighted by atomic mass is 10.3. The molecular formula is C16H16FNO4S. The molecule has 0 spiro atoms. The van der Waals surface area contributed by atoms with E-state index in [0.717, 1.165) is 6.26 Å². The van der Waals surface area contributed by atoms with Gasteiger partial charge in [0, 0.05) is 6.26 Å². The fourth-order valence-electron chi connectivity index (χ4n) is 1.82. The van der Waals surface area contributed by atoms with Crippen molar-refractivity contribution >= 4 is 21.4 Å². The Hall–Kier alpha value is -2.41. The minimum atomic E-state index is -3.29. The summed E-state index contributed by atoms with van der Waals surface area (Å²) in [5.41, 5.74) is 0.0698. The van der Waals surface area contributed by atoms with Crippen LogP contribution in [0.4, 0.5) is 10.1 Å². The third kappa shape index (κ3) is 4.53. The molecule has 5 nitrogen and oxygen atoms in total. The van der Waals surface area contributed by atoms with Crippen LogP contribution < -0.4 is 10.1 Å². The molecular weight excluding hydrogens is 321 g/mol. The second kappa shape index (κ2) is 6.78. The highest BCUT2D eigenvalue weighted by atomic mass is 32.2. The Labute approximate surface area is 134 Å². The van der Waals surface area contributed by atoms with E-state index >= 15 is 0 Å². The van der Waals surface area contributed by atoms with E-state index in [1.807, 2.05) is 0 Å². The molecule has 0 saturated heterocycles. The number of sulfone groups is 1. The number of hydrogen-bond acceptors (Lipinski definition) is 4. The van der Waals surface area contributed by atoms with Crippen LogP contribution in [0.2, 0.25) is 0 Å². The third-order valence-corrected chi connectivity index (χ3v) is 4.19. The smallest absolute Gasteiger partial charge is 0.265 e. The topological polar surface area (TPSA) is 72.5 Å². The lowest BCUT2D eigenvalue weighted by Crippen LogP contribution is -2.30. The van der Waals surface area contributed by atoms with Crippen LogP contribution in [0.3, 0.4) is 0 Å². The van der Waals surface area contributed by atoms with E-state index in [2.05, 4.69) is 5.32 Å². The van der Waals surface area contributed by atoms with Crippen LogP contribution in [-0.2, 0) is 14.6 Å². The molecule has 23 heavy (non-hydrogen) atoms. The monoisotopic (exact) mass is 337 g/mol. The number of anilines is 1. The molecule has 0 fully saturated rings. The van der Waals surface area contributed by atoms with Crippen molar-refractivity contribution in [2.24, 2.45) is 0 Å². The maximum absolute atomic E-state index is 13.5. The first-order chi connectivity index (χ1) is 10.8. The predicted octanol–water partition coefficient (Wildman–Crippen LogP) is 2.64. The van der Waals surface area contributed by atoms with Gasteiger partial charge in [0.05, 0.1) is 10.6 Å². The van der Waals surface area contributed by atoms with E-state index in [4.69, 9.17) is 4.74 Å². The van der Waals surface area contributed by atoms with Gasteiger partial charge in [-0.25, -0.2) is 12.8 Å². The summed E-state index contributed by atoms with van der Waals surface area (Å²) in [5, 5.41) is 2.43. The Bertz CT molecular complexity index is 803. The maximum Gasteiger partial charge on any atom is 0.265 e. The molecule has 0 saturated carbocycles. The van der Waals surface area contributed by atoms with Gasteiger partial charge < -0.3 is 10.1 Å². The Balaban J connectivity index is 2.02. The van der Waals surface area contributed by atoms with E-state index < -0.39 is 27.7 Å². The van der Waals surface area contributed by atoms with Crippen molar-refractivity contribution in [3.05, 3.63) is 54.3 Å². The molecule has 0 aliphatic rings. The van der Waals surface area contributed by atoms with Crippen LogP contribution in [0.25, 0.3) is 0 Å². The lowest BCUT2D eigenvalue weighted by molar-refractivity contribution is -0.122. The minimum Gasteiger partial charge on any atom is -0.481 e. The summed E-state index contributed by atoms with van der Waals surface area (Å²) in [6.07, 6.45) is 0.228. The molecule has 2 aromatic carbocycles. The van der Waals surface area contributed by atoms with E-state index in [1.165, 1.54) is 49.4 Å². The summed E-state index contributed by atoms with van der Waals surface area (Å²) in [4.78, 5) is 12.2. The maximum atomic E-state index is 13.5. The Kier molecular flexibility index (Phi) is 5.00. The van der Waals surface area contributed by atoms with Gasteiger partial charge in [-0.15, -0.1) is 0 Å². The molecule has 0 heterocycles. The zero-order valence-electron chi connectivity index (χ0n) is 12.6. The number of carbonyl (C=O) groups is 1. The van der Waals surface area contributed by atoms with Crippen molar-refractivity contribution in [1.82, 2.24) is 0 Å². The SMILES string of the molecule is CC(Oc1ccc(S(C)(=O)=O)cc1)C(=O)Nc1ccccc1F. The van der Waals surface area contributed by atoms with Crippen LogP contribution in [-0.4, -0.2) is 26.7 Å². The molecule has 1 atom stereocenters. The van der Waals surface area contributed by atoms with Crippen molar-refractivity contribution in [1.29, 1.82) is 0 Å². The molecule has 1 N–H and O–H groups in total. The third-order valence-electron chi connectivity index (χ3n) is 3.07. The van der Waals surface area contributed by atoms with E-state index in [-0.39, 0.29) is 10.6 Å². The molecule has 1 unspecified atom stereocenters. The molecule has 0 aromatic heterocycles. The van der Waals surface area contributed by atoms with Gasteiger partial charge in [-0.2, -0.15) is 0 Å². The molecule has 0 aliphatic carbocycles. The first-order valence-corrected chi connectivity index (χ1v) is 8.68. The van der Waals surface area contributed by atoms with Crippen LogP contribution in [0.15, 0.2) is 53.4 Å². The normalized spacial score (nSPS) is 12.5. The van der Waals surface area contributed by atoms with Gasteiger partial charge in [-0.1, -0.05) is 12.1 Å². The summed E-state index contributed by atoms with van der Waals surface area (Å²) in [6, 6.07) is 11.5. The number of para-hydroxylation sites is 1. The number of benzene rings is 2. The van der Waals surface area contributed by atoms with Gasteiger partial charge in [-0.3, -0.25) is 4.79 Å². The largest absolute Gasteiger partial charge is 0.481 e. The fourth-order valence-corrected chi connectivity index (χ4v) is 2.45. The number of carbonyl (C=O) groups excluding carboxylic acids is 1. The number of amides is 1. The minimum absolute atomic E-state index is 0.0698. The van der Waals surface area contributed by atoms with E-state index in [1.54, 1.807) is 6.07 Å². The second-order valence-corrected chi connectivity index (χ2v) is 6.99. The number of rotatable bonds is 5. The number of nitrogens with one attached hydrogen (secondary N) is 1. The molecule has 1 amide bonds. The van der Waals surface area contributed by atoms with Crippen molar-refractivity contribution < 1.29 is 22.3 Å². The van der Waals surface area contributed by atoms with Gasteiger partial charge in [-0.05, 0) is 43.3 Å². The van der Waals surface area contributed by atoms with Crippen LogP contribution in [0.1, 0.15) is 6.92 Å². The van der Waals surface area contributed by atoms with Gasteiger partial charge in [0.25, 0.3) is 5.91 Å². The fraction of sp³-hybridized carbons (Fsp3) is 0.188. The summed E-state index contributed by atoms with van der Waals surface area (Å²) in [7, 11) is -3.29. The van der Waals surface area contributed by atoms with Crippen LogP contribution >= 0.6 is 0 Å². The standard InChI is InChI=1S/C16H16FNO4S/c1-11(16(19)18-15-6-4-3-5-14(15)17)22-12-7-9-13(10-8-12)23(2,20)21/h3-11H,1-2H3,(H,18,19). The molecule has 0 bridgehead atoms. The zero-order valence-corrected chi connectivity index (χ0v) is 13.4. The molecule has 0 aliphatic heterocycles. The predicted molar refractivity (Wildman–Crippen MR) is 84.7 cm³/mol. The Morgan fingerprint density at radius 1 is 1.13 bits per heavy atom. The van der Waals surface area contributed by atoms with Gasteiger partial charge >= 0.3 is 0 Å². The molecule has 2 rings (SSSR count). The highest BCUT2D eigenvalue weighted by molar-refractivity contribution is 7.90. The highest BCUT2D eigenvalue weighted by Crippen LogP contribution is 2.18. The van der Waals surface area contributed by atoms with Crippen molar-refractivity contribution in [3.63, 3.8) is 0 Å². The summed E-state index contributed by atoms with van der Waals surface area (Å²) >= 11 is 0. The first kappa shape index (κ1) is 17.0. The molecule has 2 aromatic rings.